The number of nitrogens with one attached hydrogen (secondary N) is 1. The number of benzene rings is 2. The van der Waals surface area contributed by atoms with Gasteiger partial charge in [0.2, 0.25) is 0 Å². The third kappa shape index (κ3) is 5.58. The largest absolute Gasteiger partial charge is 0.481 e. The Hall–Kier alpha value is -1.85. The highest BCUT2D eigenvalue weighted by Crippen LogP contribution is 2.17. The highest BCUT2D eigenvalue weighted by atomic mass is 79.9. The SMILES string of the molecule is C[C@H](Oc1ccc(Br)cc1)C(=O)NCc1cccc(CN2CCCC2)c1. The van der Waals surface area contributed by atoms with Crippen LogP contribution in [-0.2, 0) is 17.9 Å². The van der Waals surface area contributed by atoms with E-state index in [0.717, 1.165) is 16.6 Å². The van der Waals surface area contributed by atoms with Gasteiger partial charge in [0.1, 0.15) is 5.75 Å². The van der Waals surface area contributed by atoms with E-state index in [-0.39, 0.29) is 5.91 Å². The van der Waals surface area contributed by atoms with E-state index < -0.39 is 6.10 Å². The van der Waals surface area contributed by atoms with Gasteiger partial charge in [0, 0.05) is 17.6 Å². The lowest BCUT2D eigenvalue weighted by atomic mass is 10.1. The summed E-state index contributed by atoms with van der Waals surface area (Å²) in [6, 6.07) is 15.9. The Labute approximate surface area is 163 Å². The number of carbonyl (C=O) groups is 1. The van der Waals surface area contributed by atoms with Crippen LogP contribution in [0.1, 0.15) is 30.9 Å². The van der Waals surface area contributed by atoms with Crippen LogP contribution in [0.3, 0.4) is 0 Å². The Morgan fingerprint density at radius 2 is 1.85 bits per heavy atom. The molecular formula is C21H25BrN2O2. The molecule has 1 amide bonds. The van der Waals surface area contributed by atoms with Crippen LogP contribution in [0.25, 0.3) is 0 Å². The van der Waals surface area contributed by atoms with Crippen molar-refractivity contribution in [3.63, 3.8) is 0 Å². The molecule has 1 aliphatic heterocycles. The predicted octanol–water partition coefficient (Wildman–Crippen LogP) is 4.13. The van der Waals surface area contributed by atoms with Gasteiger partial charge in [-0.3, -0.25) is 9.69 Å². The minimum absolute atomic E-state index is 0.113. The molecule has 1 fully saturated rings. The summed E-state index contributed by atoms with van der Waals surface area (Å²) in [5, 5.41) is 2.96. The topological polar surface area (TPSA) is 41.6 Å². The highest BCUT2D eigenvalue weighted by Gasteiger charge is 2.15. The van der Waals surface area contributed by atoms with Gasteiger partial charge in [-0.05, 0) is 68.2 Å². The van der Waals surface area contributed by atoms with Crippen molar-refractivity contribution in [1.82, 2.24) is 10.2 Å². The quantitative estimate of drug-likeness (QED) is 0.737. The maximum Gasteiger partial charge on any atom is 0.261 e. The van der Waals surface area contributed by atoms with Gasteiger partial charge >= 0.3 is 0 Å². The second kappa shape index (κ2) is 9.19. The lowest BCUT2D eigenvalue weighted by molar-refractivity contribution is -0.127. The number of carbonyl (C=O) groups excluding carboxylic acids is 1. The van der Waals surface area contributed by atoms with Gasteiger partial charge in [-0.25, -0.2) is 0 Å². The van der Waals surface area contributed by atoms with E-state index in [1.165, 1.54) is 31.5 Å². The lowest BCUT2D eigenvalue weighted by Gasteiger charge is -2.16. The summed E-state index contributed by atoms with van der Waals surface area (Å²) >= 11 is 3.39. The van der Waals surface area contributed by atoms with Crippen LogP contribution in [-0.4, -0.2) is 30.0 Å². The third-order valence-corrected chi connectivity index (χ3v) is 5.09. The van der Waals surface area contributed by atoms with Crippen LogP contribution in [0, 0.1) is 0 Å². The van der Waals surface area contributed by atoms with Crippen molar-refractivity contribution in [2.45, 2.75) is 39.0 Å². The van der Waals surface area contributed by atoms with Crippen molar-refractivity contribution in [3.05, 3.63) is 64.1 Å². The van der Waals surface area contributed by atoms with Crippen LogP contribution >= 0.6 is 15.9 Å². The number of halogens is 1. The van der Waals surface area contributed by atoms with E-state index in [1.54, 1.807) is 6.92 Å². The average Bonchev–Trinajstić information content (AvgIpc) is 3.15. The standard InChI is InChI=1S/C21H25BrN2O2/c1-16(26-20-9-7-19(22)8-10-20)21(25)23-14-17-5-4-6-18(13-17)15-24-11-2-3-12-24/h4-10,13,16H,2-3,11-12,14-15H2,1H3,(H,23,25)/t16-/m0/s1. The van der Waals surface area contributed by atoms with Crippen LogP contribution in [0.5, 0.6) is 5.75 Å². The van der Waals surface area contributed by atoms with Gasteiger partial charge in [-0.15, -0.1) is 0 Å². The molecule has 138 valence electrons. The summed E-state index contributed by atoms with van der Waals surface area (Å²) in [5.41, 5.74) is 2.42. The molecule has 0 aliphatic carbocycles. The number of rotatable bonds is 7. The summed E-state index contributed by atoms with van der Waals surface area (Å²) in [7, 11) is 0. The van der Waals surface area contributed by atoms with Crippen molar-refractivity contribution < 1.29 is 9.53 Å². The molecule has 1 heterocycles. The minimum Gasteiger partial charge on any atom is -0.481 e. The normalized spacial score (nSPS) is 15.6. The molecule has 26 heavy (non-hydrogen) atoms. The van der Waals surface area contributed by atoms with Gasteiger partial charge < -0.3 is 10.1 Å². The maximum absolute atomic E-state index is 12.3. The van der Waals surface area contributed by atoms with Gasteiger partial charge in [-0.1, -0.05) is 40.2 Å². The number of amides is 1. The smallest absolute Gasteiger partial charge is 0.261 e. The summed E-state index contributed by atoms with van der Waals surface area (Å²) < 4.78 is 6.67. The molecule has 0 aromatic heterocycles. The first-order valence-electron chi connectivity index (χ1n) is 9.10. The van der Waals surface area contributed by atoms with Gasteiger partial charge in [-0.2, -0.15) is 0 Å². The maximum atomic E-state index is 12.3. The third-order valence-electron chi connectivity index (χ3n) is 4.56. The van der Waals surface area contributed by atoms with Crippen molar-refractivity contribution in [1.29, 1.82) is 0 Å². The Bertz CT molecular complexity index is 727. The zero-order valence-electron chi connectivity index (χ0n) is 15.1. The number of ether oxygens (including phenoxy) is 1. The second-order valence-corrected chi connectivity index (χ2v) is 7.65. The molecule has 0 spiro atoms. The molecule has 0 unspecified atom stereocenters. The molecule has 0 saturated carbocycles. The molecule has 5 heteroatoms. The number of hydrogen-bond donors (Lipinski definition) is 1. The molecule has 2 aromatic rings. The average molecular weight is 417 g/mol. The number of nitrogens with zero attached hydrogens (tertiary/aromatic N) is 1. The highest BCUT2D eigenvalue weighted by molar-refractivity contribution is 9.10. The Morgan fingerprint density at radius 3 is 2.58 bits per heavy atom. The fourth-order valence-corrected chi connectivity index (χ4v) is 3.40. The minimum atomic E-state index is -0.538. The van der Waals surface area contributed by atoms with Gasteiger partial charge in [0.05, 0.1) is 0 Å². The fraction of sp³-hybridized carbons (Fsp3) is 0.381. The van der Waals surface area contributed by atoms with E-state index in [1.807, 2.05) is 30.3 Å². The summed E-state index contributed by atoms with van der Waals surface area (Å²) in [5.74, 6) is 0.571. The molecule has 3 rings (SSSR count). The molecule has 1 saturated heterocycles. The van der Waals surface area contributed by atoms with Gasteiger partial charge in [0.25, 0.3) is 5.91 Å². The first kappa shape index (κ1) is 18.9. The Kier molecular flexibility index (Phi) is 6.69. The molecular weight excluding hydrogens is 392 g/mol. The van der Waals surface area contributed by atoms with Gasteiger partial charge in [0.15, 0.2) is 6.10 Å². The van der Waals surface area contributed by atoms with E-state index >= 15 is 0 Å². The molecule has 1 aliphatic rings. The summed E-state index contributed by atoms with van der Waals surface area (Å²) in [4.78, 5) is 14.8. The zero-order valence-corrected chi connectivity index (χ0v) is 16.7. The zero-order chi connectivity index (χ0) is 18.4. The van der Waals surface area contributed by atoms with Crippen molar-refractivity contribution in [2.24, 2.45) is 0 Å². The van der Waals surface area contributed by atoms with Crippen LogP contribution in [0.4, 0.5) is 0 Å². The van der Waals surface area contributed by atoms with Crippen LogP contribution in [0.2, 0.25) is 0 Å². The number of hydrogen-bond acceptors (Lipinski definition) is 3. The predicted molar refractivity (Wildman–Crippen MR) is 107 cm³/mol. The monoisotopic (exact) mass is 416 g/mol. The number of likely N-dealkylation sites (tertiary alicyclic amines) is 1. The van der Waals surface area contributed by atoms with Crippen LogP contribution in [0.15, 0.2) is 53.0 Å². The van der Waals surface area contributed by atoms with E-state index in [4.69, 9.17) is 4.74 Å². The Balaban J connectivity index is 1.49. The second-order valence-electron chi connectivity index (χ2n) is 6.74. The first-order valence-corrected chi connectivity index (χ1v) is 9.89. The molecule has 4 nitrogen and oxygen atoms in total. The Morgan fingerprint density at radius 1 is 1.15 bits per heavy atom. The molecule has 1 N–H and O–H groups in total. The van der Waals surface area contributed by atoms with E-state index in [9.17, 15) is 4.79 Å². The fourth-order valence-electron chi connectivity index (χ4n) is 3.14. The summed E-state index contributed by atoms with van der Waals surface area (Å²) in [6.45, 7) is 5.64. The molecule has 2 aromatic carbocycles. The van der Waals surface area contributed by atoms with Crippen LogP contribution < -0.4 is 10.1 Å². The van der Waals surface area contributed by atoms with Crippen molar-refractivity contribution in [2.75, 3.05) is 13.1 Å². The molecule has 0 radical (unpaired) electrons. The summed E-state index contributed by atoms with van der Waals surface area (Å²) in [6.07, 6.45) is 2.06. The van der Waals surface area contributed by atoms with E-state index in [2.05, 4.69) is 44.3 Å². The van der Waals surface area contributed by atoms with Crippen molar-refractivity contribution in [3.8, 4) is 5.75 Å². The molecule has 1 atom stereocenters. The lowest BCUT2D eigenvalue weighted by Crippen LogP contribution is -2.35. The first-order chi connectivity index (χ1) is 12.6. The molecule has 0 bridgehead atoms. The van der Waals surface area contributed by atoms with E-state index in [0.29, 0.717) is 12.3 Å². The van der Waals surface area contributed by atoms with Crippen molar-refractivity contribution >= 4 is 21.8 Å².